The molecule has 0 bridgehead atoms. The second kappa shape index (κ2) is 4.98. The molecule has 88 valence electrons. The maximum absolute atomic E-state index is 5.84. The number of benzene rings is 1. The van der Waals surface area contributed by atoms with E-state index < -0.39 is 0 Å². The molecular formula is C10H11BrN6. The zero-order chi connectivity index (χ0) is 12.3. The minimum atomic E-state index is 0.370. The topological polar surface area (TPSA) is 102 Å². The van der Waals surface area contributed by atoms with Crippen molar-refractivity contribution in [2.75, 3.05) is 16.5 Å². The van der Waals surface area contributed by atoms with E-state index in [9.17, 15) is 0 Å². The van der Waals surface area contributed by atoms with Gasteiger partial charge in [0.2, 0.25) is 0 Å². The molecule has 0 aliphatic rings. The van der Waals surface area contributed by atoms with Gasteiger partial charge in [0.05, 0.1) is 0 Å². The lowest BCUT2D eigenvalue weighted by molar-refractivity contribution is 1.14. The highest BCUT2D eigenvalue weighted by atomic mass is 79.9. The van der Waals surface area contributed by atoms with Crippen LogP contribution in [0.2, 0.25) is 0 Å². The van der Waals surface area contributed by atoms with Crippen molar-refractivity contribution in [1.29, 1.82) is 0 Å². The summed E-state index contributed by atoms with van der Waals surface area (Å²) in [5.74, 6) is 6.17. The van der Waals surface area contributed by atoms with E-state index in [-0.39, 0.29) is 0 Å². The van der Waals surface area contributed by atoms with Crippen LogP contribution in [0.5, 0.6) is 0 Å². The largest absolute Gasteiger partial charge is 0.393 e. The van der Waals surface area contributed by atoms with Crippen molar-refractivity contribution >= 4 is 38.9 Å². The van der Waals surface area contributed by atoms with Crippen LogP contribution in [-0.4, -0.2) is 9.97 Å². The van der Waals surface area contributed by atoms with E-state index in [1.54, 1.807) is 0 Å². The van der Waals surface area contributed by atoms with Crippen LogP contribution >= 0.6 is 15.9 Å². The van der Waals surface area contributed by atoms with E-state index in [0.717, 1.165) is 10.2 Å². The van der Waals surface area contributed by atoms with Gasteiger partial charge in [0, 0.05) is 10.2 Å². The maximum atomic E-state index is 5.84. The molecule has 0 aliphatic heterocycles. The predicted molar refractivity (Wildman–Crippen MR) is 71.7 cm³/mol. The number of hydrogen-bond donors (Lipinski definition) is 4. The van der Waals surface area contributed by atoms with Gasteiger partial charge >= 0.3 is 0 Å². The van der Waals surface area contributed by atoms with Crippen molar-refractivity contribution in [2.45, 2.75) is 0 Å². The first kappa shape index (κ1) is 11.6. The molecule has 0 saturated carbocycles. The number of nitrogens with one attached hydrogen (secondary N) is 2. The number of rotatable bonds is 3. The summed E-state index contributed by atoms with van der Waals surface area (Å²) in [7, 11) is 0. The van der Waals surface area contributed by atoms with Crippen LogP contribution < -0.4 is 22.3 Å². The SMILES string of the molecule is NNc1ncnc(Nc2cccc(Br)c2)c1N. The Hall–Kier alpha value is -1.86. The summed E-state index contributed by atoms with van der Waals surface area (Å²) in [6, 6.07) is 7.66. The Morgan fingerprint density at radius 3 is 2.65 bits per heavy atom. The Balaban J connectivity index is 2.30. The average Bonchev–Trinajstić information content (AvgIpc) is 2.32. The Bertz CT molecular complexity index is 530. The summed E-state index contributed by atoms with van der Waals surface area (Å²) in [5.41, 5.74) is 9.48. The van der Waals surface area contributed by atoms with Crippen molar-refractivity contribution in [3.63, 3.8) is 0 Å². The fourth-order valence-electron chi connectivity index (χ4n) is 1.31. The lowest BCUT2D eigenvalue weighted by Gasteiger charge is -2.10. The fourth-order valence-corrected chi connectivity index (χ4v) is 1.71. The Kier molecular flexibility index (Phi) is 3.40. The zero-order valence-electron chi connectivity index (χ0n) is 8.81. The van der Waals surface area contributed by atoms with Crippen molar-refractivity contribution in [3.05, 3.63) is 35.1 Å². The monoisotopic (exact) mass is 294 g/mol. The summed E-state index contributed by atoms with van der Waals surface area (Å²) in [5, 5.41) is 3.09. The van der Waals surface area contributed by atoms with Crippen LogP contribution in [0.4, 0.5) is 23.0 Å². The van der Waals surface area contributed by atoms with E-state index in [1.165, 1.54) is 6.33 Å². The van der Waals surface area contributed by atoms with Gasteiger partial charge in [-0.15, -0.1) is 0 Å². The third-order valence-corrected chi connectivity index (χ3v) is 2.60. The lowest BCUT2D eigenvalue weighted by atomic mass is 10.3. The minimum absolute atomic E-state index is 0.370. The van der Waals surface area contributed by atoms with E-state index in [0.29, 0.717) is 17.3 Å². The van der Waals surface area contributed by atoms with E-state index in [1.807, 2.05) is 24.3 Å². The summed E-state index contributed by atoms with van der Waals surface area (Å²) in [6.07, 6.45) is 1.38. The second-order valence-corrected chi connectivity index (χ2v) is 4.18. The molecule has 2 rings (SSSR count). The van der Waals surface area contributed by atoms with Crippen LogP contribution in [0.1, 0.15) is 0 Å². The summed E-state index contributed by atoms with van der Waals surface area (Å²) in [6.45, 7) is 0. The first-order valence-electron chi connectivity index (χ1n) is 4.80. The molecular weight excluding hydrogens is 284 g/mol. The molecule has 6 N–H and O–H groups in total. The fraction of sp³-hybridized carbons (Fsp3) is 0. The molecule has 0 amide bonds. The number of halogens is 1. The van der Waals surface area contributed by atoms with E-state index >= 15 is 0 Å². The molecule has 0 spiro atoms. The van der Waals surface area contributed by atoms with Gasteiger partial charge in [-0.25, -0.2) is 15.8 Å². The maximum Gasteiger partial charge on any atom is 0.168 e. The number of hydrogen-bond acceptors (Lipinski definition) is 6. The predicted octanol–water partition coefficient (Wildman–Crippen LogP) is 1.85. The molecule has 2 aromatic rings. The number of nitrogens with two attached hydrogens (primary N) is 2. The minimum Gasteiger partial charge on any atom is -0.393 e. The molecule has 17 heavy (non-hydrogen) atoms. The Morgan fingerprint density at radius 1 is 1.18 bits per heavy atom. The average molecular weight is 295 g/mol. The lowest BCUT2D eigenvalue weighted by Crippen LogP contribution is -2.12. The molecule has 7 heteroatoms. The highest BCUT2D eigenvalue weighted by Crippen LogP contribution is 2.26. The molecule has 0 unspecified atom stereocenters. The van der Waals surface area contributed by atoms with Gasteiger partial charge in [-0.05, 0) is 18.2 Å². The molecule has 0 aliphatic carbocycles. The van der Waals surface area contributed by atoms with Gasteiger partial charge in [-0.2, -0.15) is 0 Å². The van der Waals surface area contributed by atoms with Gasteiger partial charge in [-0.3, -0.25) is 0 Å². The highest BCUT2D eigenvalue weighted by molar-refractivity contribution is 9.10. The quantitative estimate of drug-likeness (QED) is 0.509. The van der Waals surface area contributed by atoms with Gasteiger partial charge in [0.25, 0.3) is 0 Å². The first-order valence-corrected chi connectivity index (χ1v) is 5.59. The van der Waals surface area contributed by atoms with Crippen molar-refractivity contribution in [2.24, 2.45) is 5.84 Å². The summed E-state index contributed by atoms with van der Waals surface area (Å²) in [4.78, 5) is 7.95. The molecule has 1 aromatic carbocycles. The van der Waals surface area contributed by atoms with Crippen molar-refractivity contribution in [1.82, 2.24) is 9.97 Å². The van der Waals surface area contributed by atoms with Crippen molar-refractivity contribution < 1.29 is 0 Å². The molecule has 0 saturated heterocycles. The highest BCUT2D eigenvalue weighted by Gasteiger charge is 2.06. The van der Waals surface area contributed by atoms with Gasteiger partial charge in [-0.1, -0.05) is 22.0 Å². The first-order chi connectivity index (χ1) is 8.20. The van der Waals surface area contributed by atoms with Crippen LogP contribution in [0.25, 0.3) is 0 Å². The van der Waals surface area contributed by atoms with Gasteiger partial charge < -0.3 is 16.5 Å². The standard InChI is InChI=1S/C10H11BrN6/c11-6-2-1-3-7(4-6)16-9-8(12)10(17-13)15-5-14-9/h1-5H,12-13H2,(H2,14,15,16,17). The van der Waals surface area contributed by atoms with Gasteiger partial charge in [0.1, 0.15) is 12.0 Å². The molecule has 6 nitrogen and oxygen atoms in total. The third kappa shape index (κ3) is 2.63. The van der Waals surface area contributed by atoms with E-state index in [2.05, 4.69) is 36.6 Å². The number of aromatic nitrogens is 2. The van der Waals surface area contributed by atoms with Crippen LogP contribution in [-0.2, 0) is 0 Å². The van der Waals surface area contributed by atoms with Gasteiger partial charge in [0.15, 0.2) is 11.6 Å². The smallest absolute Gasteiger partial charge is 0.168 e. The Morgan fingerprint density at radius 2 is 1.94 bits per heavy atom. The third-order valence-electron chi connectivity index (χ3n) is 2.11. The number of nitrogen functional groups attached to an aromatic ring is 2. The Labute approximate surface area is 107 Å². The normalized spacial score (nSPS) is 10.0. The van der Waals surface area contributed by atoms with Crippen LogP contribution in [0.3, 0.4) is 0 Å². The van der Waals surface area contributed by atoms with E-state index in [4.69, 9.17) is 11.6 Å². The molecule has 1 heterocycles. The summed E-state index contributed by atoms with van der Waals surface area (Å²) >= 11 is 3.39. The summed E-state index contributed by atoms with van der Waals surface area (Å²) < 4.78 is 0.965. The molecule has 1 aromatic heterocycles. The van der Waals surface area contributed by atoms with Crippen molar-refractivity contribution in [3.8, 4) is 0 Å². The van der Waals surface area contributed by atoms with Crippen LogP contribution in [0, 0.1) is 0 Å². The van der Waals surface area contributed by atoms with Crippen LogP contribution in [0.15, 0.2) is 35.1 Å². The zero-order valence-corrected chi connectivity index (χ0v) is 10.4. The molecule has 0 radical (unpaired) electrons. The number of hydrazine groups is 1. The number of nitrogens with zero attached hydrogens (tertiary/aromatic N) is 2. The number of anilines is 4. The molecule has 0 atom stereocenters. The second-order valence-electron chi connectivity index (χ2n) is 3.26. The molecule has 0 fully saturated rings.